The van der Waals surface area contributed by atoms with Gasteiger partial charge in [-0.2, -0.15) is 4.31 Å². The Labute approximate surface area is 184 Å². The predicted octanol–water partition coefficient (Wildman–Crippen LogP) is 5.84. The van der Waals surface area contributed by atoms with Crippen LogP contribution in [-0.4, -0.2) is 25.8 Å². The molecular weight excluding hydrogens is 412 g/mol. The van der Waals surface area contributed by atoms with Gasteiger partial charge in [-0.15, -0.1) is 11.3 Å². The molecule has 5 rings (SSSR count). The monoisotopic (exact) mass is 442 g/mol. The van der Waals surface area contributed by atoms with E-state index in [4.69, 9.17) is 0 Å². The summed E-state index contributed by atoms with van der Waals surface area (Å²) in [6.45, 7) is 2.15. The van der Waals surface area contributed by atoms with Crippen LogP contribution in [0.4, 0.5) is 5.69 Å². The van der Waals surface area contributed by atoms with Crippen LogP contribution in [0.5, 0.6) is 0 Å². The summed E-state index contributed by atoms with van der Waals surface area (Å²) in [5, 5.41) is 3.73. The van der Waals surface area contributed by atoms with Gasteiger partial charge >= 0.3 is 0 Å². The lowest BCUT2D eigenvalue weighted by Crippen LogP contribution is -2.38. The molecule has 0 spiro atoms. The van der Waals surface area contributed by atoms with Gasteiger partial charge in [0.1, 0.15) is 0 Å². The number of sulfonamides is 1. The highest BCUT2D eigenvalue weighted by Gasteiger charge is 2.39. The van der Waals surface area contributed by atoms with Crippen LogP contribution >= 0.6 is 11.3 Å². The summed E-state index contributed by atoms with van der Waals surface area (Å²) in [5.74, 6) is 0.702. The Morgan fingerprint density at radius 2 is 1.90 bits per heavy atom. The number of thiophene rings is 1. The van der Waals surface area contributed by atoms with E-state index >= 15 is 0 Å². The Morgan fingerprint density at radius 1 is 1.10 bits per heavy atom. The first-order chi connectivity index (χ1) is 14.4. The average molecular weight is 443 g/mol. The van der Waals surface area contributed by atoms with Gasteiger partial charge in [0.05, 0.1) is 10.9 Å². The highest BCUT2D eigenvalue weighted by atomic mass is 32.2. The molecule has 1 aromatic carbocycles. The second-order valence-corrected chi connectivity index (χ2v) is 12.3. The molecule has 1 fully saturated rings. The minimum absolute atomic E-state index is 0.128. The van der Waals surface area contributed by atoms with Crippen molar-refractivity contribution in [2.75, 3.05) is 12.4 Å². The number of hydrogen-bond acceptors (Lipinski definition) is 4. The lowest BCUT2D eigenvalue weighted by molar-refractivity contribution is 0.286. The lowest BCUT2D eigenvalue weighted by atomic mass is 9.79. The third-order valence-electron chi connectivity index (χ3n) is 7.17. The first-order valence-electron chi connectivity index (χ1n) is 11.1. The Hall–Kier alpha value is -1.63. The van der Waals surface area contributed by atoms with Crippen molar-refractivity contribution in [1.82, 2.24) is 4.31 Å². The second-order valence-electron chi connectivity index (χ2n) is 8.99. The highest BCUT2D eigenvalue weighted by Crippen LogP contribution is 2.51. The van der Waals surface area contributed by atoms with Crippen molar-refractivity contribution < 1.29 is 8.42 Å². The Bertz CT molecular complexity index is 1070. The molecule has 6 heteroatoms. The third-order valence-corrected chi connectivity index (χ3v) is 10.2. The molecule has 1 aliphatic heterocycles. The summed E-state index contributed by atoms with van der Waals surface area (Å²) >= 11 is 1.85. The van der Waals surface area contributed by atoms with Crippen LogP contribution in [0.2, 0.25) is 0 Å². The smallest absolute Gasteiger partial charge is 0.243 e. The van der Waals surface area contributed by atoms with Crippen molar-refractivity contribution in [3.63, 3.8) is 0 Å². The standard InChI is InChI=1S/C24H30N2O2S2/c1-16-11-14-23(29-16)24-20-10-6-9-19(20)21-15-18(12-13-22(21)25-24)30(27,28)26(2)17-7-4-3-5-8-17/h6,9,11-15,17,19-20,24-25H,3-5,7-8,10H2,1-2H3. The maximum atomic E-state index is 13.4. The molecule has 3 atom stereocenters. The van der Waals surface area contributed by atoms with Crippen molar-refractivity contribution in [3.8, 4) is 0 Å². The Kier molecular flexibility index (Phi) is 5.28. The predicted molar refractivity (Wildman–Crippen MR) is 124 cm³/mol. The summed E-state index contributed by atoms with van der Waals surface area (Å²) in [4.78, 5) is 3.12. The van der Waals surface area contributed by atoms with E-state index in [-0.39, 0.29) is 18.0 Å². The van der Waals surface area contributed by atoms with Crippen LogP contribution in [0.3, 0.4) is 0 Å². The maximum Gasteiger partial charge on any atom is 0.243 e. The van der Waals surface area contributed by atoms with Crippen LogP contribution < -0.4 is 5.32 Å². The zero-order valence-corrected chi connectivity index (χ0v) is 19.3. The van der Waals surface area contributed by atoms with E-state index in [1.165, 1.54) is 16.2 Å². The number of anilines is 1. The molecule has 2 aliphatic carbocycles. The first kappa shape index (κ1) is 20.3. The number of rotatable bonds is 4. The van der Waals surface area contributed by atoms with Crippen molar-refractivity contribution in [3.05, 3.63) is 57.8 Å². The fourth-order valence-electron chi connectivity index (χ4n) is 5.44. The number of hydrogen-bond donors (Lipinski definition) is 1. The van der Waals surface area contributed by atoms with E-state index in [0.29, 0.717) is 10.8 Å². The van der Waals surface area contributed by atoms with Gasteiger partial charge in [0.25, 0.3) is 0 Å². The lowest BCUT2D eigenvalue weighted by Gasteiger charge is -2.37. The van der Waals surface area contributed by atoms with Crippen molar-refractivity contribution >= 4 is 27.0 Å². The Balaban J connectivity index is 1.48. The van der Waals surface area contributed by atoms with Crippen LogP contribution in [-0.2, 0) is 10.0 Å². The first-order valence-corrected chi connectivity index (χ1v) is 13.3. The zero-order chi connectivity index (χ0) is 20.9. The van der Waals surface area contributed by atoms with Gasteiger partial charge in [0.15, 0.2) is 0 Å². The molecule has 0 amide bonds. The van der Waals surface area contributed by atoms with Gasteiger partial charge in [-0.3, -0.25) is 0 Å². The number of benzene rings is 1. The van der Waals surface area contributed by atoms with E-state index in [0.717, 1.165) is 43.4 Å². The van der Waals surface area contributed by atoms with Gasteiger partial charge < -0.3 is 5.32 Å². The molecule has 0 saturated heterocycles. The van der Waals surface area contributed by atoms with Gasteiger partial charge in [0.2, 0.25) is 10.0 Å². The van der Waals surface area contributed by atoms with Gasteiger partial charge in [-0.1, -0.05) is 31.4 Å². The molecule has 30 heavy (non-hydrogen) atoms. The van der Waals surface area contributed by atoms with Crippen LogP contribution in [0.15, 0.2) is 47.4 Å². The quantitative estimate of drug-likeness (QED) is 0.606. The molecule has 1 N–H and O–H groups in total. The zero-order valence-electron chi connectivity index (χ0n) is 17.7. The number of allylic oxidation sites excluding steroid dienone is 2. The molecule has 160 valence electrons. The molecule has 2 aromatic rings. The number of nitrogens with one attached hydrogen (secondary N) is 1. The molecular formula is C24H30N2O2S2. The Morgan fingerprint density at radius 3 is 2.63 bits per heavy atom. The molecule has 3 unspecified atom stereocenters. The number of fused-ring (bicyclic) bond motifs is 3. The van der Waals surface area contributed by atoms with Crippen LogP contribution in [0, 0.1) is 12.8 Å². The summed E-state index contributed by atoms with van der Waals surface area (Å²) in [5.41, 5.74) is 2.19. The highest BCUT2D eigenvalue weighted by molar-refractivity contribution is 7.89. The van der Waals surface area contributed by atoms with Gasteiger partial charge in [0, 0.05) is 34.4 Å². The largest absolute Gasteiger partial charge is 0.377 e. The van der Waals surface area contributed by atoms with Gasteiger partial charge in [-0.25, -0.2) is 8.42 Å². The van der Waals surface area contributed by atoms with E-state index in [1.54, 1.807) is 17.4 Å². The average Bonchev–Trinajstić information content (AvgIpc) is 3.42. The van der Waals surface area contributed by atoms with Crippen molar-refractivity contribution in [1.29, 1.82) is 0 Å². The topological polar surface area (TPSA) is 49.4 Å². The fraction of sp³-hybridized carbons (Fsp3) is 0.500. The summed E-state index contributed by atoms with van der Waals surface area (Å²) < 4.78 is 28.4. The summed E-state index contributed by atoms with van der Waals surface area (Å²) in [7, 11) is -1.72. The van der Waals surface area contributed by atoms with Gasteiger partial charge in [-0.05, 0) is 68.0 Å². The van der Waals surface area contributed by atoms with Crippen LogP contribution in [0.25, 0.3) is 0 Å². The van der Waals surface area contributed by atoms with Crippen LogP contribution in [0.1, 0.15) is 65.8 Å². The molecule has 0 radical (unpaired) electrons. The summed E-state index contributed by atoms with van der Waals surface area (Å²) in [6, 6.07) is 10.5. The van der Waals surface area contributed by atoms with Crippen molar-refractivity contribution in [2.24, 2.45) is 5.92 Å². The minimum atomic E-state index is -3.48. The minimum Gasteiger partial charge on any atom is -0.377 e. The molecule has 1 aromatic heterocycles. The number of aryl methyl sites for hydroxylation is 1. The molecule has 1 saturated carbocycles. The normalized spacial score (nSPS) is 26.4. The molecule has 4 nitrogen and oxygen atoms in total. The van der Waals surface area contributed by atoms with E-state index in [9.17, 15) is 8.42 Å². The number of nitrogens with zero attached hydrogens (tertiary/aromatic N) is 1. The molecule has 2 heterocycles. The maximum absolute atomic E-state index is 13.4. The van der Waals surface area contributed by atoms with E-state index < -0.39 is 10.0 Å². The molecule has 3 aliphatic rings. The third kappa shape index (κ3) is 3.43. The summed E-state index contributed by atoms with van der Waals surface area (Å²) in [6.07, 6.45) is 11.0. The van der Waals surface area contributed by atoms with E-state index in [2.05, 4.69) is 36.5 Å². The SMILES string of the molecule is Cc1ccc(C2Nc3ccc(S(=O)(=O)N(C)C4CCCCC4)cc3C3C=CCC32)s1. The molecule has 0 bridgehead atoms. The van der Waals surface area contributed by atoms with E-state index in [1.807, 2.05) is 23.5 Å². The second kappa shape index (κ2) is 7.81. The van der Waals surface area contributed by atoms with Crippen molar-refractivity contribution in [2.45, 2.75) is 68.3 Å². The fourth-order valence-corrected chi connectivity index (χ4v) is 7.90.